The Bertz CT molecular complexity index is 1510. The first-order valence-corrected chi connectivity index (χ1v) is 12.8. The van der Waals surface area contributed by atoms with Gasteiger partial charge >= 0.3 is 0 Å². The van der Waals surface area contributed by atoms with Crippen molar-refractivity contribution in [1.82, 2.24) is 9.97 Å². The minimum atomic E-state index is -0.475. The Morgan fingerprint density at radius 1 is 0.700 bits per heavy atom. The summed E-state index contributed by atoms with van der Waals surface area (Å²) in [6.45, 7) is 3.06. The van der Waals surface area contributed by atoms with Gasteiger partial charge in [0.2, 0.25) is 0 Å². The summed E-state index contributed by atoms with van der Waals surface area (Å²) >= 11 is 0. The third-order valence-electron chi connectivity index (χ3n) is 5.86. The number of benzene rings is 4. The summed E-state index contributed by atoms with van der Waals surface area (Å²) < 4.78 is 0. The summed E-state index contributed by atoms with van der Waals surface area (Å²) in [5, 5.41) is 13.3. The molecule has 0 fully saturated rings. The molecule has 0 spiro atoms. The fourth-order valence-electron chi connectivity index (χ4n) is 4.17. The maximum absolute atomic E-state index is 10.1. The van der Waals surface area contributed by atoms with Crippen LogP contribution in [0.1, 0.15) is 20.3 Å². The molecule has 0 saturated heterocycles. The van der Waals surface area contributed by atoms with Crippen LogP contribution in [0.2, 0.25) is 0 Å². The molecule has 4 nitrogen and oxygen atoms in total. The molecular weight excluding hydrogens is 673 g/mol. The molecule has 6 aromatic rings. The monoisotopic (exact) mass is 703 g/mol. The van der Waals surface area contributed by atoms with Crippen molar-refractivity contribution in [2.45, 2.75) is 26.4 Å². The van der Waals surface area contributed by atoms with Crippen LogP contribution in [0.15, 0.2) is 122 Å². The average molecular weight is 703 g/mol. The van der Waals surface area contributed by atoms with Crippen LogP contribution in [0.5, 0.6) is 0 Å². The number of hydrogen-bond donors (Lipinski definition) is 1. The van der Waals surface area contributed by atoms with E-state index in [1.807, 2.05) is 97.3 Å². The van der Waals surface area contributed by atoms with E-state index in [1.54, 1.807) is 6.92 Å². The maximum Gasteiger partial charge on any atom is 0.132 e. The van der Waals surface area contributed by atoms with E-state index in [4.69, 9.17) is 5.11 Å². The number of carbonyl (C=O) groups is 1. The molecule has 1 unspecified atom stereocenters. The molecule has 5 heteroatoms. The Morgan fingerprint density at radius 2 is 1.12 bits per heavy atom. The van der Waals surface area contributed by atoms with Gasteiger partial charge in [0, 0.05) is 38.9 Å². The fraction of sp³-hybridized carbons (Fsp3) is 0.114. The molecule has 0 amide bonds. The second-order valence-corrected chi connectivity index (χ2v) is 9.07. The van der Waals surface area contributed by atoms with Crippen LogP contribution in [-0.4, -0.2) is 27.0 Å². The van der Waals surface area contributed by atoms with Crippen molar-refractivity contribution in [1.29, 1.82) is 0 Å². The smallest absolute Gasteiger partial charge is 0.132 e. The van der Waals surface area contributed by atoms with Gasteiger partial charge in [-0.3, -0.25) is 4.79 Å². The summed E-state index contributed by atoms with van der Waals surface area (Å²) in [7, 11) is 0. The van der Waals surface area contributed by atoms with E-state index in [0.717, 1.165) is 22.5 Å². The van der Waals surface area contributed by atoms with Crippen LogP contribution in [-0.2, 0) is 24.9 Å². The van der Waals surface area contributed by atoms with E-state index < -0.39 is 6.10 Å². The van der Waals surface area contributed by atoms with Gasteiger partial charge in [0.1, 0.15) is 5.78 Å². The van der Waals surface area contributed by atoms with Crippen molar-refractivity contribution in [3.63, 3.8) is 0 Å². The predicted octanol–water partition coefficient (Wildman–Crippen LogP) is 7.75. The Kier molecular flexibility index (Phi) is 11.9. The molecule has 0 aliphatic carbocycles. The second kappa shape index (κ2) is 15.5. The molecule has 0 aliphatic heterocycles. The van der Waals surface area contributed by atoms with Crippen LogP contribution in [0, 0.1) is 12.1 Å². The maximum atomic E-state index is 10.1. The van der Waals surface area contributed by atoms with E-state index in [-0.39, 0.29) is 32.3 Å². The van der Waals surface area contributed by atoms with Gasteiger partial charge in [-0.2, -0.15) is 0 Å². The number of rotatable bonds is 4. The standard InChI is InChI=1S/2C15H10N.C5H10O2.Ir/c2*1-2-7-13(8-3-1)15-14-9-5-4-6-12(14)10-11-16-15;1-4(6)3-5(2)7;/h2*1-7,9-11H;4,6H,3H2,1-2H3;/q2*-1;;. The van der Waals surface area contributed by atoms with Crippen LogP contribution in [0.4, 0.5) is 0 Å². The minimum absolute atomic E-state index is 0. The van der Waals surface area contributed by atoms with Crippen molar-refractivity contribution in [3.8, 4) is 22.5 Å². The topological polar surface area (TPSA) is 63.1 Å². The largest absolute Gasteiger partial charge is 0.393 e. The Labute approximate surface area is 249 Å². The van der Waals surface area contributed by atoms with Crippen molar-refractivity contribution >= 4 is 27.3 Å². The SMILES string of the molecule is CC(=O)CC(C)O.[Ir].[c-]1ccccc1-c1nccc2ccccc12.[c-]1ccccc1-c1nccc2ccccc12. The van der Waals surface area contributed by atoms with Gasteiger partial charge in [0.25, 0.3) is 0 Å². The number of fused-ring (bicyclic) bond motifs is 2. The van der Waals surface area contributed by atoms with E-state index in [2.05, 4.69) is 46.4 Å². The zero-order valence-electron chi connectivity index (χ0n) is 22.4. The average Bonchev–Trinajstić information content (AvgIpc) is 2.97. The molecule has 1 N–H and O–H groups in total. The van der Waals surface area contributed by atoms with Crippen LogP contribution < -0.4 is 0 Å². The summed E-state index contributed by atoms with van der Waals surface area (Å²) in [5.74, 6) is 0.0370. The summed E-state index contributed by atoms with van der Waals surface area (Å²) in [6, 6.07) is 42.9. The van der Waals surface area contributed by atoms with E-state index >= 15 is 0 Å². The molecule has 40 heavy (non-hydrogen) atoms. The number of pyridine rings is 2. The molecular formula is C35H30IrN2O2-2. The second-order valence-electron chi connectivity index (χ2n) is 9.07. The van der Waals surface area contributed by atoms with Gasteiger partial charge in [-0.15, -0.1) is 71.8 Å². The normalized spacial score (nSPS) is 10.8. The number of aliphatic hydroxyl groups is 1. The number of ketones is 1. The Balaban J connectivity index is 0.000000177. The molecule has 2 aromatic heterocycles. The quantitative estimate of drug-likeness (QED) is 0.191. The van der Waals surface area contributed by atoms with Crippen LogP contribution in [0.3, 0.4) is 0 Å². The van der Waals surface area contributed by atoms with Gasteiger partial charge in [-0.1, -0.05) is 48.5 Å². The third-order valence-corrected chi connectivity index (χ3v) is 5.86. The molecule has 1 atom stereocenters. The van der Waals surface area contributed by atoms with Gasteiger partial charge in [0.05, 0.1) is 6.10 Å². The summed E-state index contributed by atoms with van der Waals surface area (Å²) in [5.41, 5.74) is 4.08. The summed E-state index contributed by atoms with van der Waals surface area (Å²) in [4.78, 5) is 19.0. The van der Waals surface area contributed by atoms with Gasteiger partial charge < -0.3 is 15.1 Å². The number of nitrogens with zero attached hydrogens (tertiary/aromatic N) is 2. The number of Topliss-reactive ketones (excluding diaryl/α,β-unsaturated/α-hetero) is 1. The number of carbonyl (C=O) groups excluding carboxylic acids is 1. The molecule has 1 radical (unpaired) electrons. The fourth-order valence-corrected chi connectivity index (χ4v) is 4.17. The van der Waals surface area contributed by atoms with Crippen molar-refractivity contribution in [2.75, 3.05) is 0 Å². The Hall–Kier alpha value is -4.02. The number of aromatic nitrogens is 2. The third kappa shape index (κ3) is 8.49. The molecule has 4 aromatic carbocycles. The first kappa shape index (κ1) is 30.5. The first-order valence-electron chi connectivity index (χ1n) is 12.8. The Morgan fingerprint density at radius 3 is 1.48 bits per heavy atom. The van der Waals surface area contributed by atoms with Crippen molar-refractivity contribution in [2.24, 2.45) is 0 Å². The van der Waals surface area contributed by atoms with Crippen LogP contribution in [0.25, 0.3) is 44.1 Å². The molecule has 2 heterocycles. The van der Waals surface area contributed by atoms with Gasteiger partial charge in [-0.25, -0.2) is 0 Å². The predicted molar refractivity (Wildman–Crippen MR) is 159 cm³/mol. The van der Waals surface area contributed by atoms with E-state index in [1.165, 1.54) is 28.5 Å². The minimum Gasteiger partial charge on any atom is -0.393 e. The zero-order chi connectivity index (χ0) is 27.5. The van der Waals surface area contributed by atoms with E-state index in [9.17, 15) is 4.79 Å². The van der Waals surface area contributed by atoms with Gasteiger partial charge in [0.15, 0.2) is 0 Å². The molecule has 6 rings (SSSR count). The first-order chi connectivity index (χ1) is 19.0. The van der Waals surface area contributed by atoms with Crippen molar-refractivity contribution < 1.29 is 30.0 Å². The molecule has 0 aliphatic rings. The van der Waals surface area contributed by atoms with Gasteiger partial charge in [-0.05, 0) is 58.9 Å². The summed E-state index contributed by atoms with van der Waals surface area (Å²) in [6.07, 6.45) is 3.49. The molecule has 0 bridgehead atoms. The van der Waals surface area contributed by atoms with E-state index in [0.29, 0.717) is 0 Å². The zero-order valence-corrected chi connectivity index (χ0v) is 24.8. The molecule has 0 saturated carbocycles. The van der Waals surface area contributed by atoms with Crippen molar-refractivity contribution in [3.05, 3.63) is 134 Å². The van der Waals surface area contributed by atoms with Crippen LogP contribution >= 0.6 is 0 Å². The number of hydrogen-bond acceptors (Lipinski definition) is 4. The number of aliphatic hydroxyl groups excluding tert-OH is 1. The molecule has 203 valence electrons.